The zero-order valence-corrected chi connectivity index (χ0v) is 54.2. The normalized spacial score (nSPS) is 15.7. The molecule has 2 aromatic heterocycles. The number of nitrogens with zero attached hydrogens (tertiary/aromatic N) is 4. The summed E-state index contributed by atoms with van der Waals surface area (Å²) in [6.07, 6.45) is 6.80. The van der Waals surface area contributed by atoms with Gasteiger partial charge in [0.05, 0.1) is 67.2 Å². The topological polar surface area (TPSA) is 162 Å². The quantitative estimate of drug-likeness (QED) is 0.0583. The number of aryl methyl sites for hydroxylation is 2. The van der Waals surface area contributed by atoms with Gasteiger partial charge in [0.25, 0.3) is 0 Å². The number of piperidine rings is 2. The maximum Gasteiger partial charge on any atom is 0.337 e. The monoisotopic (exact) mass is 1210 g/mol. The van der Waals surface area contributed by atoms with E-state index in [0.717, 1.165) is 108 Å². The highest BCUT2D eigenvalue weighted by atomic mass is 19.1. The van der Waals surface area contributed by atoms with Gasteiger partial charge in [0.2, 0.25) is 0 Å². The standard InChI is InChI=1S/C36H47FN2O5.C36H45FN2O5/c2*1-24-30(33(34(40)41)44-35(2,3)4)32(39-20-18-36(5,6)19-21-39)31(29(38-24)17-22-42-7)26-10-14-28(15-11-26)43-23-16-25-8-12-27(37)13-9-25/h8-15,33H,16-23H2,1-7H3,(H,40,41);8-15,17,22,33H,16,18-21,23H2,1-7H3,(H,40,41)/b;22-17+/t2*33-/m00/s1. The number of carbonyl (C=O) groups is 2. The second-order valence-corrected chi connectivity index (χ2v) is 26.5. The summed E-state index contributed by atoms with van der Waals surface area (Å²) in [5, 5.41) is 20.9. The van der Waals surface area contributed by atoms with Crippen LogP contribution in [0.1, 0.15) is 152 Å². The molecule has 2 atom stereocenters. The number of anilines is 2. The fourth-order valence-electron chi connectivity index (χ4n) is 11.1. The predicted molar refractivity (Wildman–Crippen MR) is 345 cm³/mol. The summed E-state index contributed by atoms with van der Waals surface area (Å²) >= 11 is 0. The number of aromatic nitrogens is 2. The largest absolute Gasteiger partial charge is 0.504 e. The summed E-state index contributed by atoms with van der Waals surface area (Å²) in [6.45, 7) is 28.6. The number of carboxylic acid groups (broad SMARTS) is 2. The van der Waals surface area contributed by atoms with Gasteiger partial charge in [-0.2, -0.15) is 0 Å². The highest BCUT2D eigenvalue weighted by molar-refractivity contribution is 5.91. The van der Waals surface area contributed by atoms with Crippen molar-refractivity contribution in [2.24, 2.45) is 10.8 Å². The molecule has 2 aliphatic heterocycles. The van der Waals surface area contributed by atoms with Gasteiger partial charge in [-0.05, 0) is 169 Å². The Hall–Kier alpha value is -7.40. The Labute approximate surface area is 520 Å². The fraction of sp³-hybridized carbons (Fsp3) is 0.472. The summed E-state index contributed by atoms with van der Waals surface area (Å²) in [6, 6.07) is 28.5. The van der Waals surface area contributed by atoms with Crippen molar-refractivity contribution < 1.29 is 57.0 Å². The molecule has 0 amide bonds. The van der Waals surface area contributed by atoms with E-state index in [1.165, 1.54) is 24.3 Å². The lowest BCUT2D eigenvalue weighted by Gasteiger charge is -2.41. The molecule has 16 heteroatoms. The van der Waals surface area contributed by atoms with Crippen LogP contribution in [-0.4, -0.2) is 104 Å². The molecule has 0 unspecified atom stereocenters. The molecule has 0 aliphatic carbocycles. The molecule has 4 aromatic carbocycles. The summed E-state index contributed by atoms with van der Waals surface area (Å²) in [4.78, 5) is 40.2. The number of aliphatic carboxylic acids is 2. The van der Waals surface area contributed by atoms with E-state index >= 15 is 0 Å². The number of hydrogen-bond donors (Lipinski definition) is 2. The SMILES string of the molecule is CO/C=C/c1nc(C)c([C@H](OC(C)(C)C)C(=O)O)c(N2CCC(C)(C)CC2)c1-c1ccc(OCCc2ccc(F)cc2)cc1.COCCc1nc(C)c([C@H](OC(C)(C)C)C(=O)O)c(N2CCC(C)(C)CC2)c1-c1ccc(OCCc2ccc(F)cc2)cc1. The number of ether oxygens (including phenoxy) is 6. The van der Waals surface area contributed by atoms with Crippen LogP contribution in [0.4, 0.5) is 20.2 Å². The van der Waals surface area contributed by atoms with Crippen LogP contribution in [0.15, 0.2) is 103 Å². The number of hydrogen-bond acceptors (Lipinski definition) is 12. The summed E-state index contributed by atoms with van der Waals surface area (Å²) in [5.41, 5.74) is 10.2. The van der Waals surface area contributed by atoms with Crippen LogP contribution in [-0.2, 0) is 47.8 Å². The Morgan fingerprint density at radius 3 is 1.33 bits per heavy atom. The fourth-order valence-corrected chi connectivity index (χ4v) is 11.1. The van der Waals surface area contributed by atoms with E-state index in [4.69, 9.17) is 38.4 Å². The molecule has 0 spiro atoms. The van der Waals surface area contributed by atoms with E-state index in [2.05, 4.69) is 37.5 Å². The molecule has 2 aliphatic rings. The molecule has 474 valence electrons. The minimum Gasteiger partial charge on any atom is -0.504 e. The lowest BCUT2D eigenvalue weighted by atomic mass is 9.81. The Morgan fingerprint density at radius 2 is 0.955 bits per heavy atom. The van der Waals surface area contributed by atoms with Crippen LogP contribution < -0.4 is 19.3 Å². The molecule has 0 saturated carbocycles. The molecule has 2 fully saturated rings. The van der Waals surface area contributed by atoms with Crippen molar-refractivity contribution >= 4 is 29.4 Å². The first-order valence-electron chi connectivity index (χ1n) is 30.6. The van der Waals surface area contributed by atoms with Gasteiger partial charge in [-0.1, -0.05) is 76.2 Å². The highest BCUT2D eigenvalue weighted by Crippen LogP contribution is 2.48. The number of rotatable bonds is 23. The number of halogens is 2. The van der Waals surface area contributed by atoms with Gasteiger partial charge in [-0.15, -0.1) is 0 Å². The van der Waals surface area contributed by atoms with Crippen LogP contribution in [0, 0.1) is 36.3 Å². The molecule has 2 N–H and O–H groups in total. The van der Waals surface area contributed by atoms with Crippen LogP contribution in [0.5, 0.6) is 11.5 Å². The highest BCUT2D eigenvalue weighted by Gasteiger charge is 2.39. The van der Waals surface area contributed by atoms with Crippen molar-refractivity contribution in [3.8, 4) is 33.8 Å². The minimum atomic E-state index is -1.21. The average molecular weight is 1210 g/mol. The van der Waals surface area contributed by atoms with E-state index in [0.29, 0.717) is 73.0 Å². The third-order valence-electron chi connectivity index (χ3n) is 16.0. The first kappa shape index (κ1) is 68.1. The first-order valence-corrected chi connectivity index (χ1v) is 30.6. The van der Waals surface area contributed by atoms with Gasteiger partial charge in [-0.3, -0.25) is 9.97 Å². The van der Waals surface area contributed by atoms with Crippen LogP contribution >= 0.6 is 0 Å². The van der Waals surface area contributed by atoms with Crippen LogP contribution in [0.25, 0.3) is 28.3 Å². The second-order valence-electron chi connectivity index (χ2n) is 26.5. The van der Waals surface area contributed by atoms with Crippen molar-refractivity contribution in [2.75, 3.05) is 70.0 Å². The Balaban J connectivity index is 0.000000251. The molecule has 8 rings (SSSR count). The van der Waals surface area contributed by atoms with E-state index in [9.17, 15) is 28.6 Å². The van der Waals surface area contributed by atoms with Crippen molar-refractivity contribution in [2.45, 2.75) is 151 Å². The van der Waals surface area contributed by atoms with Crippen LogP contribution in [0.2, 0.25) is 0 Å². The molecule has 6 aromatic rings. The zero-order chi connectivity index (χ0) is 64.1. The van der Waals surface area contributed by atoms with Crippen LogP contribution in [0.3, 0.4) is 0 Å². The average Bonchev–Trinajstić information content (AvgIpc) is 0.834. The van der Waals surface area contributed by atoms with Crippen molar-refractivity contribution in [1.82, 2.24) is 9.97 Å². The third kappa shape index (κ3) is 18.8. The molecule has 0 radical (unpaired) electrons. The summed E-state index contributed by atoms with van der Waals surface area (Å²) in [7, 11) is 3.25. The summed E-state index contributed by atoms with van der Waals surface area (Å²) in [5.74, 6) is -1.19. The zero-order valence-electron chi connectivity index (χ0n) is 54.2. The number of carboxylic acids is 2. The van der Waals surface area contributed by atoms with Crippen molar-refractivity contribution in [3.05, 3.63) is 160 Å². The smallest absolute Gasteiger partial charge is 0.337 e. The van der Waals surface area contributed by atoms with Gasteiger partial charge in [-0.25, -0.2) is 18.4 Å². The number of pyridine rings is 2. The second kappa shape index (κ2) is 29.7. The third-order valence-corrected chi connectivity index (χ3v) is 16.0. The van der Waals surface area contributed by atoms with Gasteiger partial charge in [0.1, 0.15) is 23.1 Å². The Morgan fingerprint density at radius 1 is 0.568 bits per heavy atom. The van der Waals surface area contributed by atoms with Gasteiger partial charge >= 0.3 is 11.9 Å². The van der Waals surface area contributed by atoms with E-state index in [-0.39, 0.29) is 22.5 Å². The molecular formula is C72H92F2N4O10. The molecular weight excluding hydrogens is 1120 g/mol. The lowest BCUT2D eigenvalue weighted by Crippen LogP contribution is -2.39. The lowest BCUT2D eigenvalue weighted by molar-refractivity contribution is -0.161. The van der Waals surface area contributed by atoms with Crippen molar-refractivity contribution in [1.29, 1.82) is 0 Å². The maximum atomic E-state index is 13.3. The van der Waals surface area contributed by atoms with Gasteiger partial charge < -0.3 is 48.4 Å². The van der Waals surface area contributed by atoms with Gasteiger partial charge in [0.15, 0.2) is 12.2 Å². The molecule has 0 bridgehead atoms. The number of methoxy groups -OCH3 is 2. The first-order chi connectivity index (χ1) is 41.6. The van der Waals surface area contributed by atoms with E-state index in [1.807, 2.05) is 110 Å². The summed E-state index contributed by atoms with van der Waals surface area (Å²) < 4.78 is 61.7. The number of benzene rings is 4. The van der Waals surface area contributed by atoms with Gasteiger partial charge in [0, 0.05) is 86.2 Å². The minimum absolute atomic E-state index is 0.193. The molecule has 2 saturated heterocycles. The van der Waals surface area contributed by atoms with E-state index < -0.39 is 35.3 Å². The van der Waals surface area contributed by atoms with E-state index in [1.54, 1.807) is 44.7 Å². The molecule has 88 heavy (non-hydrogen) atoms. The predicted octanol–water partition coefficient (Wildman–Crippen LogP) is 15.6. The Bertz CT molecular complexity index is 3300. The molecule has 14 nitrogen and oxygen atoms in total. The molecule has 4 heterocycles. The maximum absolute atomic E-state index is 13.3. The Kier molecular flexibility index (Phi) is 23.0. The van der Waals surface area contributed by atoms with Crippen molar-refractivity contribution in [3.63, 3.8) is 0 Å².